The van der Waals surface area contributed by atoms with Crippen molar-refractivity contribution in [1.82, 2.24) is 25.3 Å². The van der Waals surface area contributed by atoms with Gasteiger partial charge in [0.05, 0.1) is 12.6 Å². The largest absolute Gasteiger partial charge is 0.375 e. The van der Waals surface area contributed by atoms with Crippen molar-refractivity contribution in [2.75, 3.05) is 40.3 Å². The Kier molecular flexibility index (Phi) is 6.26. The van der Waals surface area contributed by atoms with Crippen molar-refractivity contribution >= 4 is 5.91 Å². The van der Waals surface area contributed by atoms with Crippen molar-refractivity contribution in [3.8, 4) is 0 Å². The summed E-state index contributed by atoms with van der Waals surface area (Å²) in [6.07, 6.45) is 4.37. The molecule has 0 bridgehead atoms. The zero-order valence-electron chi connectivity index (χ0n) is 16.2. The van der Waals surface area contributed by atoms with Gasteiger partial charge in [-0.1, -0.05) is 12.1 Å². The second kappa shape index (κ2) is 8.45. The zero-order chi connectivity index (χ0) is 18.6. The van der Waals surface area contributed by atoms with Crippen LogP contribution in [0.5, 0.6) is 0 Å². The molecule has 1 aromatic rings. The lowest BCUT2D eigenvalue weighted by Crippen LogP contribution is -2.43. The van der Waals surface area contributed by atoms with Gasteiger partial charge in [0.25, 0.3) is 5.89 Å². The van der Waals surface area contributed by atoms with Crippen molar-refractivity contribution < 1.29 is 14.1 Å². The first kappa shape index (κ1) is 19.3. The molecule has 3 rings (SSSR count). The average molecular weight is 365 g/mol. The number of amides is 1. The molecule has 146 valence electrons. The number of likely N-dealkylation sites (tertiary alicyclic amines) is 2. The maximum atomic E-state index is 12.9. The number of nitrogens with zero attached hydrogens (tertiary/aromatic N) is 4. The minimum atomic E-state index is -0.0521. The molecule has 0 saturated carbocycles. The summed E-state index contributed by atoms with van der Waals surface area (Å²) in [6.45, 7) is 7.00. The smallest absolute Gasteiger partial charge is 0.252 e. The fourth-order valence-corrected chi connectivity index (χ4v) is 4.21. The molecule has 1 spiro atoms. The highest BCUT2D eigenvalue weighted by Gasteiger charge is 2.47. The molecule has 3 heterocycles. The lowest BCUT2D eigenvalue weighted by atomic mass is 9.76. The van der Waals surface area contributed by atoms with Crippen LogP contribution in [0.1, 0.15) is 44.3 Å². The number of nitrogens with one attached hydrogen (secondary N) is 1. The first-order valence-corrected chi connectivity index (χ1v) is 9.56. The van der Waals surface area contributed by atoms with E-state index in [-0.39, 0.29) is 25.1 Å². The van der Waals surface area contributed by atoms with Crippen molar-refractivity contribution in [1.29, 1.82) is 0 Å². The molecule has 1 atom stereocenters. The Balaban J connectivity index is 1.58. The van der Waals surface area contributed by atoms with Crippen molar-refractivity contribution in [3.05, 3.63) is 11.7 Å². The second-order valence-electron chi connectivity index (χ2n) is 7.75. The third-order valence-electron chi connectivity index (χ3n) is 5.67. The maximum Gasteiger partial charge on any atom is 0.252 e. The topological polar surface area (TPSA) is 83.7 Å². The Bertz CT molecular complexity index is 597. The van der Waals surface area contributed by atoms with Crippen LogP contribution in [-0.2, 0) is 22.7 Å². The highest BCUT2D eigenvalue weighted by Crippen LogP contribution is 2.43. The third kappa shape index (κ3) is 4.42. The fourth-order valence-electron chi connectivity index (χ4n) is 4.21. The highest BCUT2D eigenvalue weighted by atomic mass is 16.5. The standard InChI is InChI=1S/C18H31N5O3/c1-4-7-23-13-18(5-8-22(2)9-6-18)10-14(23)17(24)19-11-15-20-16(12-25-3)26-21-15/h14H,4-13H2,1-3H3,(H,19,24). The van der Waals surface area contributed by atoms with Gasteiger partial charge in [-0.3, -0.25) is 9.69 Å². The average Bonchev–Trinajstić information content (AvgIpc) is 3.22. The van der Waals surface area contributed by atoms with Crippen LogP contribution in [0.2, 0.25) is 0 Å². The summed E-state index contributed by atoms with van der Waals surface area (Å²) < 4.78 is 10.0. The van der Waals surface area contributed by atoms with Gasteiger partial charge in [0.2, 0.25) is 5.91 Å². The number of carbonyl (C=O) groups is 1. The maximum absolute atomic E-state index is 12.9. The third-order valence-corrected chi connectivity index (χ3v) is 5.67. The van der Waals surface area contributed by atoms with Crippen LogP contribution in [0.3, 0.4) is 0 Å². The SMILES string of the molecule is CCCN1CC2(CCN(C)CC2)CC1C(=O)NCc1noc(COC)n1. The minimum Gasteiger partial charge on any atom is -0.375 e. The van der Waals surface area contributed by atoms with Gasteiger partial charge in [-0.05, 0) is 57.8 Å². The molecule has 1 unspecified atom stereocenters. The van der Waals surface area contributed by atoms with E-state index >= 15 is 0 Å². The molecular formula is C18H31N5O3. The van der Waals surface area contributed by atoms with Crippen LogP contribution >= 0.6 is 0 Å². The van der Waals surface area contributed by atoms with Gasteiger partial charge in [0.15, 0.2) is 5.82 Å². The number of carbonyl (C=O) groups excluding carboxylic acids is 1. The molecule has 1 aromatic heterocycles. The van der Waals surface area contributed by atoms with Crippen molar-refractivity contribution in [2.45, 2.75) is 51.8 Å². The summed E-state index contributed by atoms with van der Waals surface area (Å²) in [7, 11) is 3.76. The van der Waals surface area contributed by atoms with Gasteiger partial charge in [0, 0.05) is 13.7 Å². The lowest BCUT2D eigenvalue weighted by Gasteiger charge is -2.37. The van der Waals surface area contributed by atoms with Gasteiger partial charge in [-0.15, -0.1) is 0 Å². The summed E-state index contributed by atoms with van der Waals surface area (Å²) in [6, 6.07) is -0.0521. The minimum absolute atomic E-state index is 0.0521. The van der Waals surface area contributed by atoms with Crippen LogP contribution in [-0.4, -0.2) is 72.2 Å². The number of hydrogen-bond acceptors (Lipinski definition) is 7. The van der Waals surface area contributed by atoms with E-state index in [1.54, 1.807) is 7.11 Å². The molecule has 2 fully saturated rings. The predicted molar refractivity (Wildman–Crippen MR) is 96.3 cm³/mol. The predicted octanol–water partition coefficient (Wildman–Crippen LogP) is 1.03. The Morgan fingerprint density at radius 1 is 1.42 bits per heavy atom. The normalized spacial score (nSPS) is 23.6. The van der Waals surface area contributed by atoms with E-state index in [4.69, 9.17) is 9.26 Å². The molecule has 1 amide bonds. The van der Waals surface area contributed by atoms with E-state index in [1.807, 2.05) is 0 Å². The summed E-state index contributed by atoms with van der Waals surface area (Å²) in [4.78, 5) is 21.8. The number of ether oxygens (including phenoxy) is 1. The Hall–Kier alpha value is -1.51. The number of rotatable bonds is 7. The first-order chi connectivity index (χ1) is 12.5. The lowest BCUT2D eigenvalue weighted by molar-refractivity contribution is -0.125. The molecule has 0 radical (unpaired) electrons. The molecule has 0 aliphatic carbocycles. The zero-order valence-corrected chi connectivity index (χ0v) is 16.2. The summed E-state index contributed by atoms with van der Waals surface area (Å²) in [5, 5.41) is 6.88. The Morgan fingerprint density at radius 3 is 2.88 bits per heavy atom. The number of piperidine rings is 1. The quantitative estimate of drug-likeness (QED) is 0.772. The van der Waals surface area contributed by atoms with Gasteiger partial charge >= 0.3 is 0 Å². The van der Waals surface area contributed by atoms with Crippen molar-refractivity contribution in [2.24, 2.45) is 5.41 Å². The van der Waals surface area contributed by atoms with Gasteiger partial charge < -0.3 is 19.5 Å². The molecule has 2 aliphatic rings. The molecule has 1 N–H and O–H groups in total. The van der Waals surface area contributed by atoms with E-state index < -0.39 is 0 Å². The van der Waals surface area contributed by atoms with E-state index in [0.717, 1.165) is 39.0 Å². The Morgan fingerprint density at radius 2 is 2.19 bits per heavy atom. The van der Waals surface area contributed by atoms with Gasteiger partial charge in [-0.25, -0.2) is 0 Å². The van der Waals surface area contributed by atoms with Gasteiger partial charge in [0.1, 0.15) is 6.61 Å². The number of methoxy groups -OCH3 is 1. The van der Waals surface area contributed by atoms with Crippen LogP contribution in [0, 0.1) is 5.41 Å². The van der Waals surface area contributed by atoms with E-state index in [9.17, 15) is 4.79 Å². The van der Waals surface area contributed by atoms with Crippen molar-refractivity contribution in [3.63, 3.8) is 0 Å². The second-order valence-corrected chi connectivity index (χ2v) is 7.75. The van der Waals surface area contributed by atoms with Crippen LogP contribution < -0.4 is 5.32 Å². The molecule has 26 heavy (non-hydrogen) atoms. The number of hydrogen-bond donors (Lipinski definition) is 1. The molecule has 0 aromatic carbocycles. The highest BCUT2D eigenvalue weighted by molar-refractivity contribution is 5.82. The van der Waals surface area contributed by atoms with Gasteiger partial charge in [-0.2, -0.15) is 4.98 Å². The van der Waals surface area contributed by atoms with E-state index in [1.165, 1.54) is 12.8 Å². The summed E-state index contributed by atoms with van der Waals surface area (Å²) >= 11 is 0. The molecule has 2 saturated heterocycles. The number of aromatic nitrogens is 2. The first-order valence-electron chi connectivity index (χ1n) is 9.56. The Labute approximate surface area is 155 Å². The molecular weight excluding hydrogens is 334 g/mol. The van der Waals surface area contributed by atoms with Crippen LogP contribution in [0.15, 0.2) is 4.52 Å². The van der Waals surface area contributed by atoms with E-state index in [2.05, 4.69) is 39.2 Å². The molecule has 8 nitrogen and oxygen atoms in total. The monoisotopic (exact) mass is 365 g/mol. The molecule has 8 heteroatoms. The fraction of sp³-hybridized carbons (Fsp3) is 0.833. The van der Waals surface area contributed by atoms with E-state index in [0.29, 0.717) is 17.1 Å². The van der Waals surface area contributed by atoms with Crippen LogP contribution in [0.4, 0.5) is 0 Å². The molecule has 2 aliphatic heterocycles. The van der Waals surface area contributed by atoms with Crippen LogP contribution in [0.25, 0.3) is 0 Å². The summed E-state index contributed by atoms with van der Waals surface area (Å²) in [5.41, 5.74) is 0.293. The summed E-state index contributed by atoms with van der Waals surface area (Å²) in [5.74, 6) is 0.988.